The Morgan fingerprint density at radius 3 is 2.90 bits per heavy atom. The minimum atomic E-state index is -0.116. The molecule has 0 radical (unpaired) electrons. The van der Waals surface area contributed by atoms with E-state index >= 15 is 0 Å². The van der Waals surface area contributed by atoms with E-state index in [2.05, 4.69) is 17.1 Å². The predicted octanol–water partition coefficient (Wildman–Crippen LogP) is 2.16. The molecule has 0 aliphatic rings. The summed E-state index contributed by atoms with van der Waals surface area (Å²) in [5.41, 5.74) is 1.65. The summed E-state index contributed by atoms with van der Waals surface area (Å²) in [5.74, 6) is -0.116. The van der Waals surface area contributed by atoms with Gasteiger partial charge in [-0.25, -0.2) is 4.98 Å². The van der Waals surface area contributed by atoms with Crippen molar-refractivity contribution in [2.24, 2.45) is 0 Å². The van der Waals surface area contributed by atoms with Crippen molar-refractivity contribution in [3.8, 4) is 0 Å². The normalized spacial score (nSPS) is 11.0. The molecular formula is C15H21N3O3. The second kappa shape index (κ2) is 7.17. The van der Waals surface area contributed by atoms with E-state index in [1.54, 1.807) is 11.0 Å². The van der Waals surface area contributed by atoms with Crippen LogP contribution in [0.15, 0.2) is 16.8 Å². The van der Waals surface area contributed by atoms with Gasteiger partial charge in [-0.1, -0.05) is 24.9 Å². The van der Waals surface area contributed by atoms with Gasteiger partial charge in [-0.05, 0) is 19.4 Å². The zero-order valence-corrected chi connectivity index (χ0v) is 12.5. The highest BCUT2D eigenvalue weighted by atomic mass is 16.5. The Bertz CT molecular complexity index is 609. The summed E-state index contributed by atoms with van der Waals surface area (Å²) in [6.07, 6.45) is 4.59. The van der Waals surface area contributed by atoms with E-state index in [1.165, 1.54) is 6.20 Å². The van der Waals surface area contributed by atoms with Crippen molar-refractivity contribution in [1.82, 2.24) is 15.0 Å². The van der Waals surface area contributed by atoms with Crippen LogP contribution in [0.25, 0.3) is 11.1 Å². The van der Waals surface area contributed by atoms with Crippen LogP contribution < -0.4 is 0 Å². The van der Waals surface area contributed by atoms with Gasteiger partial charge in [0, 0.05) is 19.3 Å². The van der Waals surface area contributed by atoms with Crippen LogP contribution in [0.2, 0.25) is 0 Å². The van der Waals surface area contributed by atoms with Crippen molar-refractivity contribution >= 4 is 17.0 Å². The molecule has 0 aromatic carbocycles. The summed E-state index contributed by atoms with van der Waals surface area (Å²) in [4.78, 5) is 18.3. The molecule has 0 spiro atoms. The van der Waals surface area contributed by atoms with Crippen molar-refractivity contribution in [2.75, 3.05) is 19.7 Å². The van der Waals surface area contributed by atoms with Gasteiger partial charge in [-0.2, -0.15) is 0 Å². The number of carbonyl (C=O) groups excluding carboxylic acids is 1. The van der Waals surface area contributed by atoms with Gasteiger partial charge >= 0.3 is 0 Å². The average Bonchev–Trinajstić information content (AvgIpc) is 2.87. The molecule has 2 aromatic rings. The minimum absolute atomic E-state index is 0.0418. The van der Waals surface area contributed by atoms with E-state index < -0.39 is 0 Å². The highest BCUT2D eigenvalue weighted by molar-refractivity contribution is 5.97. The molecule has 1 amide bonds. The third-order valence-electron chi connectivity index (χ3n) is 3.45. The SMILES string of the molecule is CCCCCN(CCO)C(=O)c1cnc2onc(C)c2c1. The first-order chi connectivity index (χ1) is 10.2. The number of hydrogen-bond acceptors (Lipinski definition) is 5. The number of amides is 1. The Morgan fingerprint density at radius 1 is 1.38 bits per heavy atom. The monoisotopic (exact) mass is 291 g/mol. The van der Waals surface area contributed by atoms with Gasteiger partial charge in [0.15, 0.2) is 0 Å². The third-order valence-corrected chi connectivity index (χ3v) is 3.45. The zero-order valence-electron chi connectivity index (χ0n) is 12.5. The highest BCUT2D eigenvalue weighted by Gasteiger charge is 2.17. The van der Waals surface area contributed by atoms with Crippen LogP contribution in [0.4, 0.5) is 0 Å². The molecule has 0 unspecified atom stereocenters. The Labute approximate surface area is 123 Å². The van der Waals surface area contributed by atoms with Gasteiger partial charge in [0.25, 0.3) is 11.6 Å². The smallest absolute Gasteiger partial charge is 0.257 e. The number of nitrogens with zero attached hydrogens (tertiary/aromatic N) is 3. The van der Waals surface area contributed by atoms with E-state index in [4.69, 9.17) is 9.63 Å². The lowest BCUT2D eigenvalue weighted by Crippen LogP contribution is -2.34. The van der Waals surface area contributed by atoms with Crippen molar-refractivity contribution in [3.63, 3.8) is 0 Å². The summed E-state index contributed by atoms with van der Waals surface area (Å²) in [6.45, 7) is 4.87. The van der Waals surface area contributed by atoms with Crippen LogP contribution in [0, 0.1) is 6.92 Å². The Morgan fingerprint density at radius 2 is 2.19 bits per heavy atom. The lowest BCUT2D eigenvalue weighted by molar-refractivity contribution is 0.0718. The Kier molecular flexibility index (Phi) is 5.27. The average molecular weight is 291 g/mol. The summed E-state index contributed by atoms with van der Waals surface area (Å²) in [6, 6.07) is 1.75. The fourth-order valence-corrected chi connectivity index (χ4v) is 2.23. The number of rotatable bonds is 7. The van der Waals surface area contributed by atoms with Gasteiger partial charge < -0.3 is 14.5 Å². The van der Waals surface area contributed by atoms with Crippen molar-refractivity contribution < 1.29 is 14.4 Å². The molecule has 0 bridgehead atoms. The van der Waals surface area contributed by atoms with E-state index in [1.807, 2.05) is 6.92 Å². The first-order valence-electron chi connectivity index (χ1n) is 7.29. The molecule has 0 saturated heterocycles. The summed E-state index contributed by atoms with van der Waals surface area (Å²) in [5, 5.41) is 13.7. The molecule has 6 heteroatoms. The van der Waals surface area contributed by atoms with Crippen molar-refractivity contribution in [1.29, 1.82) is 0 Å². The summed E-state index contributed by atoms with van der Waals surface area (Å²) in [7, 11) is 0. The van der Waals surface area contributed by atoms with Gasteiger partial charge in [0.2, 0.25) is 0 Å². The lowest BCUT2D eigenvalue weighted by Gasteiger charge is -2.21. The molecule has 0 aliphatic carbocycles. The van der Waals surface area contributed by atoms with Gasteiger partial charge in [-0.15, -0.1) is 0 Å². The van der Waals surface area contributed by atoms with Crippen LogP contribution in [0.3, 0.4) is 0 Å². The maximum absolute atomic E-state index is 12.5. The predicted molar refractivity (Wildman–Crippen MR) is 79.1 cm³/mol. The lowest BCUT2D eigenvalue weighted by atomic mass is 10.1. The molecule has 114 valence electrons. The van der Waals surface area contributed by atoms with Crippen molar-refractivity contribution in [3.05, 3.63) is 23.5 Å². The quantitative estimate of drug-likeness (QED) is 0.791. The van der Waals surface area contributed by atoms with E-state index in [0.29, 0.717) is 30.1 Å². The summed E-state index contributed by atoms with van der Waals surface area (Å²) < 4.78 is 5.04. The van der Waals surface area contributed by atoms with E-state index in [-0.39, 0.29) is 12.5 Å². The van der Waals surface area contributed by atoms with Crippen LogP contribution in [-0.4, -0.2) is 45.8 Å². The number of carbonyl (C=O) groups is 1. The maximum Gasteiger partial charge on any atom is 0.257 e. The molecule has 0 fully saturated rings. The van der Waals surface area contributed by atoms with Crippen LogP contribution in [0.1, 0.15) is 42.2 Å². The number of aromatic nitrogens is 2. The highest BCUT2D eigenvalue weighted by Crippen LogP contribution is 2.18. The van der Waals surface area contributed by atoms with Crippen LogP contribution in [-0.2, 0) is 0 Å². The first kappa shape index (κ1) is 15.4. The number of aryl methyl sites for hydroxylation is 1. The van der Waals surface area contributed by atoms with E-state index in [9.17, 15) is 4.79 Å². The van der Waals surface area contributed by atoms with Gasteiger partial charge in [-0.3, -0.25) is 4.79 Å². The fraction of sp³-hybridized carbons (Fsp3) is 0.533. The number of fused-ring (bicyclic) bond motifs is 1. The maximum atomic E-state index is 12.5. The third kappa shape index (κ3) is 3.58. The molecule has 0 saturated carbocycles. The topological polar surface area (TPSA) is 79.5 Å². The second-order valence-electron chi connectivity index (χ2n) is 5.07. The number of pyridine rings is 1. The molecule has 21 heavy (non-hydrogen) atoms. The summed E-state index contributed by atoms with van der Waals surface area (Å²) >= 11 is 0. The molecule has 1 N–H and O–H groups in total. The molecule has 0 atom stereocenters. The fourth-order valence-electron chi connectivity index (χ4n) is 2.23. The van der Waals surface area contributed by atoms with Gasteiger partial charge in [0.1, 0.15) is 0 Å². The second-order valence-corrected chi connectivity index (χ2v) is 5.07. The number of aliphatic hydroxyl groups is 1. The first-order valence-corrected chi connectivity index (χ1v) is 7.29. The zero-order chi connectivity index (χ0) is 15.2. The standard InChI is InChI=1S/C15H21N3O3/c1-3-4-5-6-18(7-8-19)15(20)12-9-13-11(2)17-21-14(13)16-10-12/h9-10,19H,3-8H2,1-2H3. The minimum Gasteiger partial charge on any atom is -0.395 e. The molecule has 2 rings (SSSR count). The van der Waals surface area contributed by atoms with Crippen LogP contribution >= 0.6 is 0 Å². The molecule has 6 nitrogen and oxygen atoms in total. The van der Waals surface area contributed by atoms with Gasteiger partial charge in [0.05, 0.1) is 23.3 Å². The van der Waals surface area contributed by atoms with Crippen molar-refractivity contribution in [2.45, 2.75) is 33.1 Å². The van der Waals surface area contributed by atoms with Crippen LogP contribution in [0.5, 0.6) is 0 Å². The Balaban J connectivity index is 2.18. The molecule has 2 heterocycles. The molecule has 0 aliphatic heterocycles. The number of hydrogen-bond donors (Lipinski definition) is 1. The Hall–Kier alpha value is -1.95. The molecule has 2 aromatic heterocycles. The molecular weight excluding hydrogens is 270 g/mol. The number of unbranched alkanes of at least 4 members (excludes halogenated alkanes) is 2. The van der Waals surface area contributed by atoms with E-state index in [0.717, 1.165) is 24.6 Å². The largest absolute Gasteiger partial charge is 0.395 e. The number of aliphatic hydroxyl groups excluding tert-OH is 1.